The van der Waals surface area contributed by atoms with Gasteiger partial charge in [-0.05, 0) is 46.7 Å². The van der Waals surface area contributed by atoms with E-state index in [4.69, 9.17) is 9.97 Å². The number of aromatic nitrogens is 2. The van der Waals surface area contributed by atoms with Crippen molar-refractivity contribution >= 4 is 5.91 Å². The molecular formula is C22H29FN4O. The van der Waals surface area contributed by atoms with Crippen LogP contribution in [0.5, 0.6) is 0 Å². The largest absolute Gasteiger partial charge is 0.354 e. The Hall–Kier alpha value is -2.34. The standard InChI is InChI=1S/C22H29FN4O/c1-14(2)24-21(28)11-19-15(3)25-22(26-16(19)4)18-9-10-27(13-18)12-17-7-5-6-8-20(17)23/h5-8,14,18H,9-13H2,1-4H3,(H,24,28). The molecule has 5 nitrogen and oxygen atoms in total. The molecule has 6 heteroatoms. The first kappa shape index (κ1) is 20.4. The molecule has 0 aliphatic carbocycles. The molecule has 3 rings (SSSR count). The topological polar surface area (TPSA) is 58.1 Å². The summed E-state index contributed by atoms with van der Waals surface area (Å²) >= 11 is 0. The Balaban J connectivity index is 1.68. The monoisotopic (exact) mass is 384 g/mol. The van der Waals surface area contributed by atoms with Gasteiger partial charge in [0.25, 0.3) is 0 Å². The number of halogens is 1. The normalized spacial score (nSPS) is 17.3. The lowest BCUT2D eigenvalue weighted by molar-refractivity contribution is -0.120. The molecule has 1 atom stereocenters. The number of nitrogens with zero attached hydrogens (tertiary/aromatic N) is 3. The lowest BCUT2D eigenvalue weighted by Crippen LogP contribution is -2.32. The van der Waals surface area contributed by atoms with E-state index in [2.05, 4.69) is 10.2 Å². The van der Waals surface area contributed by atoms with Gasteiger partial charge in [0, 0.05) is 47.6 Å². The van der Waals surface area contributed by atoms with Crippen molar-refractivity contribution in [1.29, 1.82) is 0 Å². The van der Waals surface area contributed by atoms with Gasteiger partial charge in [-0.15, -0.1) is 0 Å². The molecule has 1 saturated heterocycles. The molecule has 1 N–H and O–H groups in total. The molecular weight excluding hydrogens is 355 g/mol. The van der Waals surface area contributed by atoms with Gasteiger partial charge >= 0.3 is 0 Å². The third-order valence-corrected chi connectivity index (χ3v) is 5.21. The molecule has 150 valence electrons. The third-order valence-electron chi connectivity index (χ3n) is 5.21. The van der Waals surface area contributed by atoms with Crippen LogP contribution in [-0.2, 0) is 17.8 Å². The van der Waals surface area contributed by atoms with Crippen molar-refractivity contribution in [2.75, 3.05) is 13.1 Å². The Labute approximate surface area is 166 Å². The highest BCUT2D eigenvalue weighted by Gasteiger charge is 2.27. The third kappa shape index (κ3) is 4.93. The van der Waals surface area contributed by atoms with Crippen molar-refractivity contribution in [3.8, 4) is 0 Å². The van der Waals surface area contributed by atoms with E-state index in [0.29, 0.717) is 13.0 Å². The maximum absolute atomic E-state index is 13.9. The number of aryl methyl sites for hydroxylation is 2. The molecule has 1 aromatic carbocycles. The number of nitrogens with one attached hydrogen (secondary N) is 1. The van der Waals surface area contributed by atoms with Crippen molar-refractivity contribution in [2.24, 2.45) is 0 Å². The van der Waals surface area contributed by atoms with E-state index in [1.54, 1.807) is 6.07 Å². The SMILES string of the molecule is Cc1nc(C2CCN(Cc3ccccc3F)C2)nc(C)c1CC(=O)NC(C)C. The predicted molar refractivity (Wildman–Crippen MR) is 108 cm³/mol. The van der Waals surface area contributed by atoms with Crippen LogP contribution in [0.3, 0.4) is 0 Å². The molecule has 1 amide bonds. The fourth-order valence-electron chi connectivity index (χ4n) is 3.79. The van der Waals surface area contributed by atoms with Crippen molar-refractivity contribution in [1.82, 2.24) is 20.2 Å². The van der Waals surface area contributed by atoms with E-state index in [9.17, 15) is 9.18 Å². The average molecular weight is 384 g/mol. The minimum absolute atomic E-state index is 0.00511. The number of rotatable bonds is 6. The first-order valence-corrected chi connectivity index (χ1v) is 9.92. The van der Waals surface area contributed by atoms with Crippen LogP contribution >= 0.6 is 0 Å². The summed E-state index contributed by atoms with van der Waals surface area (Å²) in [7, 11) is 0. The zero-order valence-corrected chi connectivity index (χ0v) is 17.1. The maximum Gasteiger partial charge on any atom is 0.224 e. The summed E-state index contributed by atoms with van der Waals surface area (Å²) < 4.78 is 13.9. The smallest absolute Gasteiger partial charge is 0.224 e. The summed E-state index contributed by atoms with van der Waals surface area (Å²) in [5.74, 6) is 0.911. The van der Waals surface area contributed by atoms with Crippen molar-refractivity contribution < 1.29 is 9.18 Å². The minimum Gasteiger partial charge on any atom is -0.354 e. The molecule has 1 aliphatic rings. The maximum atomic E-state index is 13.9. The Morgan fingerprint density at radius 1 is 1.25 bits per heavy atom. The van der Waals surface area contributed by atoms with Crippen LogP contribution in [0.1, 0.15) is 54.5 Å². The van der Waals surface area contributed by atoms with Crippen LogP contribution in [0.2, 0.25) is 0 Å². The molecule has 2 heterocycles. The van der Waals surface area contributed by atoms with Crippen LogP contribution in [0.4, 0.5) is 4.39 Å². The van der Waals surface area contributed by atoms with Gasteiger partial charge in [0.05, 0.1) is 6.42 Å². The van der Waals surface area contributed by atoms with E-state index in [1.807, 2.05) is 39.8 Å². The second-order valence-electron chi connectivity index (χ2n) is 7.94. The number of carbonyl (C=O) groups is 1. The van der Waals surface area contributed by atoms with Crippen molar-refractivity contribution in [2.45, 2.75) is 59.0 Å². The molecule has 0 bridgehead atoms. The number of likely N-dealkylation sites (tertiary alicyclic amines) is 1. The van der Waals surface area contributed by atoms with Crippen LogP contribution in [0.25, 0.3) is 0 Å². The zero-order valence-electron chi connectivity index (χ0n) is 17.1. The average Bonchev–Trinajstić information content (AvgIpc) is 3.08. The Kier molecular flexibility index (Phi) is 6.39. The van der Waals surface area contributed by atoms with Gasteiger partial charge in [-0.25, -0.2) is 14.4 Å². The summed E-state index contributed by atoms with van der Waals surface area (Å²) in [6.45, 7) is 10.1. The Morgan fingerprint density at radius 3 is 2.57 bits per heavy atom. The first-order valence-electron chi connectivity index (χ1n) is 9.92. The fourth-order valence-corrected chi connectivity index (χ4v) is 3.79. The summed E-state index contributed by atoms with van der Waals surface area (Å²) in [4.78, 5) is 23.8. The number of hydrogen-bond donors (Lipinski definition) is 1. The highest BCUT2D eigenvalue weighted by Crippen LogP contribution is 2.27. The molecule has 0 radical (unpaired) electrons. The molecule has 0 spiro atoms. The van der Waals surface area contributed by atoms with Gasteiger partial charge in [0.15, 0.2) is 0 Å². The first-order chi connectivity index (χ1) is 13.3. The van der Waals surface area contributed by atoms with E-state index < -0.39 is 0 Å². The summed E-state index contributed by atoms with van der Waals surface area (Å²) in [5.41, 5.74) is 3.37. The molecule has 1 unspecified atom stereocenters. The van der Waals surface area contributed by atoms with Gasteiger partial charge in [0.1, 0.15) is 11.6 Å². The highest BCUT2D eigenvalue weighted by molar-refractivity contribution is 5.79. The van der Waals surface area contributed by atoms with E-state index in [0.717, 1.165) is 47.8 Å². The van der Waals surface area contributed by atoms with Gasteiger partial charge in [-0.2, -0.15) is 0 Å². The molecule has 28 heavy (non-hydrogen) atoms. The number of benzene rings is 1. The van der Waals surface area contributed by atoms with Gasteiger partial charge < -0.3 is 5.32 Å². The summed E-state index contributed by atoms with van der Waals surface area (Å²) in [6, 6.07) is 7.05. The predicted octanol–water partition coefficient (Wildman–Crippen LogP) is 3.29. The minimum atomic E-state index is -0.155. The molecule has 1 fully saturated rings. The number of hydrogen-bond acceptors (Lipinski definition) is 4. The second kappa shape index (κ2) is 8.78. The quantitative estimate of drug-likeness (QED) is 0.830. The number of amides is 1. The zero-order chi connectivity index (χ0) is 20.3. The Morgan fingerprint density at radius 2 is 1.93 bits per heavy atom. The summed E-state index contributed by atoms with van der Waals surface area (Å²) in [6.07, 6.45) is 1.26. The highest BCUT2D eigenvalue weighted by atomic mass is 19.1. The van der Waals surface area contributed by atoms with Crippen LogP contribution in [-0.4, -0.2) is 39.9 Å². The molecule has 2 aromatic rings. The van der Waals surface area contributed by atoms with Gasteiger partial charge in [-0.3, -0.25) is 9.69 Å². The molecule has 1 aliphatic heterocycles. The van der Waals surface area contributed by atoms with E-state index in [-0.39, 0.29) is 23.7 Å². The van der Waals surface area contributed by atoms with Crippen LogP contribution in [0.15, 0.2) is 24.3 Å². The number of carbonyl (C=O) groups excluding carboxylic acids is 1. The van der Waals surface area contributed by atoms with Gasteiger partial charge in [0.2, 0.25) is 5.91 Å². The molecule has 1 aromatic heterocycles. The van der Waals surface area contributed by atoms with Crippen molar-refractivity contribution in [3.05, 3.63) is 58.4 Å². The van der Waals surface area contributed by atoms with Crippen LogP contribution < -0.4 is 5.32 Å². The van der Waals surface area contributed by atoms with Crippen molar-refractivity contribution in [3.63, 3.8) is 0 Å². The lowest BCUT2D eigenvalue weighted by atomic mass is 10.0. The van der Waals surface area contributed by atoms with Gasteiger partial charge in [-0.1, -0.05) is 18.2 Å². The van der Waals surface area contributed by atoms with E-state index in [1.165, 1.54) is 6.07 Å². The van der Waals surface area contributed by atoms with Crippen LogP contribution in [0, 0.1) is 19.7 Å². The summed E-state index contributed by atoms with van der Waals surface area (Å²) in [5, 5.41) is 2.92. The fraction of sp³-hybridized carbons (Fsp3) is 0.500. The second-order valence-corrected chi connectivity index (χ2v) is 7.94. The van der Waals surface area contributed by atoms with E-state index >= 15 is 0 Å². The Bertz CT molecular complexity index is 829. The lowest BCUT2D eigenvalue weighted by Gasteiger charge is -2.17. The molecule has 0 saturated carbocycles.